The topological polar surface area (TPSA) is 241 Å². The molecule has 0 radical (unpaired) electrons. The molecule has 2 aliphatic rings. The lowest BCUT2D eigenvalue weighted by Crippen LogP contribution is -2.64. The van der Waals surface area contributed by atoms with Crippen molar-refractivity contribution in [2.75, 3.05) is 25.7 Å². The molecule has 1 aromatic heterocycles. The van der Waals surface area contributed by atoms with E-state index in [0.29, 0.717) is 5.56 Å². The van der Waals surface area contributed by atoms with Crippen molar-refractivity contribution < 1.29 is 39.5 Å². The number of aromatic nitrogens is 2. The Morgan fingerprint density at radius 2 is 1.67 bits per heavy atom. The van der Waals surface area contributed by atoms with Crippen LogP contribution in [0.1, 0.15) is 21.6 Å². The summed E-state index contributed by atoms with van der Waals surface area (Å²) in [6.45, 7) is -1.79. The highest BCUT2D eigenvalue weighted by molar-refractivity contribution is 7.86. The van der Waals surface area contributed by atoms with Gasteiger partial charge in [-0.15, -0.1) is 0 Å². The van der Waals surface area contributed by atoms with Gasteiger partial charge in [0.15, 0.2) is 5.82 Å². The molecule has 244 valence electrons. The van der Waals surface area contributed by atoms with Crippen LogP contribution in [0.25, 0.3) is 10.4 Å². The molecule has 5 rings (SSSR count). The van der Waals surface area contributed by atoms with E-state index in [2.05, 4.69) is 25.0 Å². The lowest BCUT2D eigenvalue weighted by molar-refractivity contribution is -0.164. The molecule has 46 heavy (non-hydrogen) atoms. The first-order valence-electron chi connectivity index (χ1n) is 13.6. The van der Waals surface area contributed by atoms with Gasteiger partial charge in [-0.1, -0.05) is 65.8 Å². The molecule has 19 heteroatoms. The number of Topliss-reactive ketones (excluding diaryl/α,β-unsaturated/α-hetero) is 1. The number of azide groups is 1. The monoisotopic (exact) mass is 674 g/mol. The third-order valence-electron chi connectivity index (χ3n) is 7.34. The summed E-state index contributed by atoms with van der Waals surface area (Å²) < 4.78 is 71.7. The van der Waals surface area contributed by atoms with Crippen LogP contribution in [0.3, 0.4) is 0 Å². The maximum Gasteiger partial charge on any atom is 0.264 e. The van der Waals surface area contributed by atoms with Crippen LogP contribution in [0.4, 0.5) is 5.82 Å². The number of carbonyl (C=O) groups is 1. The normalized spacial score (nSPS) is 23.9. The Balaban J connectivity index is 1.66. The van der Waals surface area contributed by atoms with E-state index in [0.717, 1.165) is 12.5 Å². The van der Waals surface area contributed by atoms with Crippen LogP contribution in [0, 0.1) is 0 Å². The number of rotatable bonds is 13. The summed E-state index contributed by atoms with van der Waals surface area (Å²) in [7, 11) is -8.29. The highest BCUT2D eigenvalue weighted by atomic mass is 32.2. The summed E-state index contributed by atoms with van der Waals surface area (Å²) in [5.41, 5.74) is 13.4. The van der Waals surface area contributed by atoms with Crippen LogP contribution in [0.5, 0.6) is 0 Å². The van der Waals surface area contributed by atoms with Crippen LogP contribution >= 0.6 is 0 Å². The lowest BCUT2D eigenvalue weighted by Gasteiger charge is -2.44. The molecular formula is C27H30N8O9S2. The molecule has 4 atom stereocenters. The van der Waals surface area contributed by atoms with Crippen LogP contribution in [0.15, 0.2) is 77.1 Å². The Morgan fingerprint density at radius 1 is 1.07 bits per heavy atom. The van der Waals surface area contributed by atoms with Gasteiger partial charge in [0.1, 0.15) is 42.9 Å². The maximum absolute atomic E-state index is 14.2. The standard InChI is InChI=1S/C27H30N8O9S2/c1-45(37,38)42-14-26(15-43-46(2,39)40)23(41-13-18-9-5-3-6-10-18)20(33-34-29)25(44-26)35-17-32-24-21(30-16-31-24)27(35,28)22(36)19-11-7-4-8-12-19/h3-12,16-17,20,23,25H,13-15,28H2,1-2H3,(H,30,31)/t20?,23-,25+,27?/m1/s1. The zero-order chi connectivity index (χ0) is 33.2. The van der Waals surface area contributed by atoms with Gasteiger partial charge >= 0.3 is 0 Å². The summed E-state index contributed by atoms with van der Waals surface area (Å²) in [6, 6.07) is 15.5. The fourth-order valence-electron chi connectivity index (χ4n) is 5.24. The largest absolute Gasteiger partial charge is 0.370 e. The van der Waals surface area contributed by atoms with E-state index < -0.39 is 68.9 Å². The molecule has 1 saturated heterocycles. The lowest BCUT2D eigenvalue weighted by atomic mass is 9.91. The number of H-pyrrole nitrogens is 1. The van der Waals surface area contributed by atoms with Gasteiger partial charge in [0.25, 0.3) is 20.2 Å². The van der Waals surface area contributed by atoms with E-state index in [1.54, 1.807) is 60.7 Å². The van der Waals surface area contributed by atoms with E-state index in [9.17, 15) is 27.2 Å². The van der Waals surface area contributed by atoms with Crippen LogP contribution in [-0.4, -0.2) is 93.5 Å². The van der Waals surface area contributed by atoms with Gasteiger partial charge in [-0.3, -0.25) is 18.9 Å². The molecule has 3 N–H and O–H groups in total. The predicted molar refractivity (Wildman–Crippen MR) is 162 cm³/mol. The number of ketones is 1. The van der Waals surface area contributed by atoms with E-state index in [1.807, 2.05) is 0 Å². The van der Waals surface area contributed by atoms with E-state index >= 15 is 0 Å². The van der Waals surface area contributed by atoms with E-state index in [-0.39, 0.29) is 23.7 Å². The summed E-state index contributed by atoms with van der Waals surface area (Å²) >= 11 is 0. The number of fused-ring (bicyclic) bond motifs is 1. The highest BCUT2D eigenvalue weighted by Gasteiger charge is 2.62. The number of aliphatic imine (C=N–C) groups is 1. The minimum absolute atomic E-state index is 0.0752. The fourth-order valence-corrected chi connectivity index (χ4v) is 6.07. The second kappa shape index (κ2) is 12.9. The van der Waals surface area contributed by atoms with Crippen molar-refractivity contribution in [1.82, 2.24) is 14.9 Å². The summed E-state index contributed by atoms with van der Waals surface area (Å²) in [5.74, 6) is -0.530. The minimum Gasteiger partial charge on any atom is -0.370 e. The first kappa shape index (κ1) is 33.2. The summed E-state index contributed by atoms with van der Waals surface area (Å²) in [4.78, 5) is 29.6. The zero-order valence-corrected chi connectivity index (χ0v) is 26.2. The molecule has 3 aromatic rings. The van der Waals surface area contributed by atoms with Crippen LogP contribution in [0.2, 0.25) is 0 Å². The first-order chi connectivity index (χ1) is 21.8. The summed E-state index contributed by atoms with van der Waals surface area (Å²) in [5, 5.41) is 3.92. The van der Waals surface area contributed by atoms with Gasteiger partial charge in [0, 0.05) is 10.5 Å². The molecular weight excluding hydrogens is 644 g/mol. The van der Waals surface area contributed by atoms with Gasteiger partial charge in [-0.2, -0.15) is 16.8 Å². The second-order valence-corrected chi connectivity index (χ2v) is 13.9. The number of hydrogen-bond donors (Lipinski definition) is 2. The number of nitrogens with one attached hydrogen (secondary N) is 1. The molecule has 0 aliphatic carbocycles. The number of nitrogens with two attached hydrogens (primary N) is 1. The van der Waals surface area contributed by atoms with Crippen molar-refractivity contribution in [2.45, 2.75) is 36.2 Å². The SMILES string of the molecule is CS(=O)(=O)OCC1(COS(C)(=O)=O)O[C@H](N2C=Nc3nc[nH]c3C2(N)C(=O)c2ccccc2)C(N=[N+]=[N-])[C@H]1OCc1ccccc1. The molecule has 2 aliphatic heterocycles. The average Bonchev–Trinajstić information content (AvgIpc) is 3.62. The molecule has 0 saturated carbocycles. The molecule has 17 nitrogen and oxygen atoms in total. The van der Waals surface area contributed by atoms with Crippen molar-refractivity contribution in [3.05, 3.63) is 94.3 Å². The molecule has 2 unspecified atom stereocenters. The summed E-state index contributed by atoms with van der Waals surface area (Å²) in [6.07, 6.45) is 1.09. The smallest absolute Gasteiger partial charge is 0.264 e. The fraction of sp³-hybridized carbons (Fsp3) is 0.370. The van der Waals surface area contributed by atoms with E-state index in [1.165, 1.54) is 17.6 Å². The molecule has 2 aromatic carbocycles. The molecule has 1 fully saturated rings. The number of hydrogen-bond acceptors (Lipinski definition) is 14. The quantitative estimate of drug-likeness (QED) is 0.0865. The van der Waals surface area contributed by atoms with Crippen molar-refractivity contribution in [3.63, 3.8) is 0 Å². The number of carbonyl (C=O) groups excluding carboxylic acids is 1. The zero-order valence-electron chi connectivity index (χ0n) is 24.5. The average molecular weight is 675 g/mol. The Morgan fingerprint density at radius 3 is 2.26 bits per heavy atom. The third kappa shape index (κ3) is 6.81. The Kier molecular flexibility index (Phi) is 9.30. The number of imidazole rings is 1. The van der Waals surface area contributed by atoms with Crippen LogP contribution in [-0.2, 0) is 50.3 Å². The van der Waals surface area contributed by atoms with Gasteiger partial charge in [0.05, 0.1) is 31.8 Å². The van der Waals surface area contributed by atoms with Crippen molar-refractivity contribution in [3.8, 4) is 0 Å². The minimum atomic E-state index is -4.15. The molecule has 0 amide bonds. The maximum atomic E-state index is 14.2. The highest BCUT2D eigenvalue weighted by Crippen LogP contribution is 2.44. The van der Waals surface area contributed by atoms with Crippen molar-refractivity contribution in [1.29, 1.82) is 0 Å². The van der Waals surface area contributed by atoms with Crippen molar-refractivity contribution >= 4 is 38.2 Å². The molecule has 3 heterocycles. The van der Waals surface area contributed by atoms with Gasteiger partial charge in [-0.25, -0.2) is 9.98 Å². The van der Waals surface area contributed by atoms with Gasteiger partial charge in [-0.05, 0) is 11.1 Å². The Labute approximate surface area is 264 Å². The molecule has 0 spiro atoms. The molecule has 0 bridgehead atoms. The number of nitrogens with zero attached hydrogens (tertiary/aromatic N) is 6. The Bertz CT molecular complexity index is 1830. The second-order valence-electron chi connectivity index (χ2n) is 10.6. The number of aromatic amines is 1. The van der Waals surface area contributed by atoms with Gasteiger partial charge < -0.3 is 19.4 Å². The van der Waals surface area contributed by atoms with Crippen molar-refractivity contribution in [2.24, 2.45) is 15.8 Å². The van der Waals surface area contributed by atoms with E-state index in [4.69, 9.17) is 23.6 Å². The first-order valence-corrected chi connectivity index (χ1v) is 17.2. The number of benzene rings is 2. The van der Waals surface area contributed by atoms with Gasteiger partial charge in [0.2, 0.25) is 11.4 Å². The number of ether oxygens (including phenoxy) is 2. The van der Waals surface area contributed by atoms with Crippen LogP contribution < -0.4 is 5.73 Å². The predicted octanol–water partition coefficient (Wildman–Crippen LogP) is 1.69. The Hall–Kier alpha value is -4.20. The third-order valence-corrected chi connectivity index (χ3v) is 8.43.